The molecule has 0 N–H and O–H groups in total. The van der Waals surface area contributed by atoms with Crippen molar-refractivity contribution in [3.8, 4) is 23.0 Å². The molecule has 0 unspecified atom stereocenters. The van der Waals surface area contributed by atoms with Gasteiger partial charge >= 0.3 is 0 Å². The highest BCUT2D eigenvalue weighted by atomic mass is 79.9. The zero-order valence-electron chi connectivity index (χ0n) is 14.2. The van der Waals surface area contributed by atoms with Crippen LogP contribution in [0.15, 0.2) is 34.8 Å². The standard InChI is InChI=1S/C18H18BrNO5/c1-22-15-7-13(8-16(23-2)18(15)24-3)20-9-11-6-12(19)4-5-14(11)25-10-17(20)21/h4-8H,9-10H2,1-3H3. The highest BCUT2D eigenvalue weighted by Gasteiger charge is 2.25. The van der Waals surface area contributed by atoms with Gasteiger partial charge in [0.2, 0.25) is 5.75 Å². The van der Waals surface area contributed by atoms with Crippen molar-refractivity contribution in [1.82, 2.24) is 0 Å². The van der Waals surface area contributed by atoms with Crippen molar-refractivity contribution in [3.63, 3.8) is 0 Å². The third-order valence-electron chi connectivity index (χ3n) is 3.96. The Bertz CT molecular complexity index is 783. The van der Waals surface area contributed by atoms with E-state index in [9.17, 15) is 4.79 Å². The summed E-state index contributed by atoms with van der Waals surface area (Å²) in [5.41, 5.74) is 1.56. The molecule has 1 aliphatic rings. The van der Waals surface area contributed by atoms with Crippen molar-refractivity contribution < 1.29 is 23.7 Å². The molecule has 0 atom stereocenters. The summed E-state index contributed by atoms with van der Waals surface area (Å²) in [6.45, 7) is 0.345. The van der Waals surface area contributed by atoms with Crippen molar-refractivity contribution in [2.24, 2.45) is 0 Å². The molecule has 0 spiro atoms. The molecule has 0 saturated carbocycles. The van der Waals surface area contributed by atoms with Gasteiger partial charge in [0, 0.05) is 22.2 Å². The number of nitrogens with zero attached hydrogens (tertiary/aromatic N) is 1. The minimum Gasteiger partial charge on any atom is -0.493 e. The number of benzene rings is 2. The number of anilines is 1. The minimum absolute atomic E-state index is 0.0364. The number of halogens is 1. The molecule has 0 radical (unpaired) electrons. The van der Waals surface area contributed by atoms with Gasteiger partial charge in [-0.05, 0) is 18.2 Å². The average Bonchev–Trinajstić information content (AvgIpc) is 2.79. The van der Waals surface area contributed by atoms with Crippen molar-refractivity contribution in [1.29, 1.82) is 0 Å². The second kappa shape index (κ2) is 7.23. The van der Waals surface area contributed by atoms with Gasteiger partial charge in [-0.2, -0.15) is 0 Å². The Morgan fingerprint density at radius 3 is 2.32 bits per heavy atom. The fourth-order valence-electron chi connectivity index (χ4n) is 2.75. The molecule has 1 heterocycles. The highest BCUT2D eigenvalue weighted by molar-refractivity contribution is 9.10. The lowest BCUT2D eigenvalue weighted by Crippen LogP contribution is -2.32. The van der Waals surface area contributed by atoms with Gasteiger partial charge in [0.05, 0.1) is 33.6 Å². The van der Waals surface area contributed by atoms with Gasteiger partial charge in [0.1, 0.15) is 5.75 Å². The van der Waals surface area contributed by atoms with Gasteiger partial charge in [0.25, 0.3) is 5.91 Å². The summed E-state index contributed by atoms with van der Waals surface area (Å²) in [7, 11) is 4.63. The quantitative estimate of drug-likeness (QED) is 0.777. The molecule has 3 rings (SSSR count). The predicted octanol–water partition coefficient (Wildman–Crippen LogP) is 3.40. The number of amides is 1. The van der Waals surface area contributed by atoms with Crippen LogP contribution in [-0.4, -0.2) is 33.8 Å². The number of hydrogen-bond donors (Lipinski definition) is 0. The summed E-state index contributed by atoms with van der Waals surface area (Å²) in [5, 5.41) is 0. The lowest BCUT2D eigenvalue weighted by molar-refractivity contribution is -0.120. The number of ether oxygens (including phenoxy) is 4. The topological polar surface area (TPSA) is 57.2 Å². The molecule has 1 amide bonds. The van der Waals surface area contributed by atoms with Crippen LogP contribution in [0.25, 0.3) is 0 Å². The van der Waals surface area contributed by atoms with Gasteiger partial charge in [-0.1, -0.05) is 15.9 Å². The second-order valence-corrected chi connectivity index (χ2v) is 6.32. The molecule has 6 nitrogen and oxygen atoms in total. The van der Waals surface area contributed by atoms with Crippen LogP contribution in [0.2, 0.25) is 0 Å². The van der Waals surface area contributed by atoms with E-state index < -0.39 is 0 Å². The highest BCUT2D eigenvalue weighted by Crippen LogP contribution is 2.42. The number of fused-ring (bicyclic) bond motifs is 1. The van der Waals surface area contributed by atoms with E-state index in [0.29, 0.717) is 35.2 Å². The Labute approximate surface area is 154 Å². The summed E-state index contributed by atoms with van der Waals surface area (Å²) in [6.07, 6.45) is 0. The van der Waals surface area contributed by atoms with Crippen molar-refractivity contribution in [3.05, 3.63) is 40.4 Å². The molecular weight excluding hydrogens is 390 g/mol. The third kappa shape index (κ3) is 3.37. The predicted molar refractivity (Wildman–Crippen MR) is 96.9 cm³/mol. The van der Waals surface area contributed by atoms with Gasteiger partial charge in [-0.25, -0.2) is 0 Å². The molecule has 132 valence electrons. The van der Waals surface area contributed by atoms with E-state index in [0.717, 1.165) is 10.0 Å². The molecule has 2 aromatic carbocycles. The van der Waals surface area contributed by atoms with E-state index in [1.807, 2.05) is 18.2 Å². The number of carbonyl (C=O) groups excluding carboxylic acids is 1. The van der Waals surface area contributed by atoms with E-state index in [2.05, 4.69) is 15.9 Å². The summed E-state index contributed by atoms with van der Waals surface area (Å²) >= 11 is 3.46. The van der Waals surface area contributed by atoms with E-state index in [4.69, 9.17) is 18.9 Å². The molecule has 7 heteroatoms. The van der Waals surface area contributed by atoms with Crippen molar-refractivity contribution in [2.45, 2.75) is 6.54 Å². The first-order valence-corrected chi connectivity index (χ1v) is 8.38. The Morgan fingerprint density at radius 2 is 1.72 bits per heavy atom. The van der Waals surface area contributed by atoms with Crippen LogP contribution in [0.5, 0.6) is 23.0 Å². The zero-order chi connectivity index (χ0) is 18.0. The van der Waals surface area contributed by atoms with Gasteiger partial charge in [-0.15, -0.1) is 0 Å². The maximum Gasteiger partial charge on any atom is 0.265 e. The first kappa shape index (κ1) is 17.4. The number of rotatable bonds is 4. The summed E-state index contributed by atoms with van der Waals surface area (Å²) in [5.74, 6) is 2.01. The van der Waals surface area contributed by atoms with Crippen molar-refractivity contribution >= 4 is 27.5 Å². The van der Waals surface area contributed by atoms with E-state index >= 15 is 0 Å². The second-order valence-electron chi connectivity index (χ2n) is 5.40. The average molecular weight is 408 g/mol. The van der Waals surface area contributed by atoms with Gasteiger partial charge in [-0.3, -0.25) is 4.79 Å². The fourth-order valence-corrected chi connectivity index (χ4v) is 3.16. The van der Waals surface area contributed by atoms with Crippen LogP contribution in [0.1, 0.15) is 5.56 Å². The molecule has 0 fully saturated rings. The lowest BCUT2D eigenvalue weighted by atomic mass is 10.1. The minimum atomic E-state index is -0.151. The smallest absolute Gasteiger partial charge is 0.265 e. The van der Waals surface area contributed by atoms with Crippen LogP contribution in [0.4, 0.5) is 5.69 Å². The molecule has 0 aromatic heterocycles. The van der Waals surface area contributed by atoms with Gasteiger partial charge < -0.3 is 23.8 Å². The van der Waals surface area contributed by atoms with Crippen LogP contribution in [0, 0.1) is 0 Å². The maximum absolute atomic E-state index is 12.6. The van der Waals surface area contributed by atoms with Crippen LogP contribution >= 0.6 is 15.9 Å². The Hall–Kier alpha value is -2.41. The SMILES string of the molecule is COc1cc(N2Cc3cc(Br)ccc3OCC2=O)cc(OC)c1OC. The molecule has 0 aliphatic carbocycles. The Balaban J connectivity index is 2.06. The normalized spacial score (nSPS) is 13.6. The molecule has 0 saturated heterocycles. The number of carbonyl (C=O) groups is 1. The molecule has 0 bridgehead atoms. The summed E-state index contributed by atoms with van der Waals surface area (Å²) in [6, 6.07) is 9.19. The molecule has 25 heavy (non-hydrogen) atoms. The Kier molecular flexibility index (Phi) is 5.03. The lowest BCUT2D eigenvalue weighted by Gasteiger charge is -2.23. The third-order valence-corrected chi connectivity index (χ3v) is 4.46. The van der Waals surface area contributed by atoms with E-state index in [1.165, 1.54) is 0 Å². The van der Waals surface area contributed by atoms with Crippen LogP contribution in [-0.2, 0) is 11.3 Å². The molecular formula is C18H18BrNO5. The maximum atomic E-state index is 12.6. The summed E-state index contributed by atoms with van der Waals surface area (Å²) < 4.78 is 22.7. The zero-order valence-corrected chi connectivity index (χ0v) is 15.8. The van der Waals surface area contributed by atoms with E-state index in [1.54, 1.807) is 38.4 Å². The molecule has 1 aliphatic heterocycles. The largest absolute Gasteiger partial charge is 0.493 e. The van der Waals surface area contributed by atoms with Crippen molar-refractivity contribution in [2.75, 3.05) is 32.8 Å². The molecule has 2 aromatic rings. The first-order chi connectivity index (χ1) is 12.1. The monoisotopic (exact) mass is 407 g/mol. The Morgan fingerprint density at radius 1 is 1.04 bits per heavy atom. The number of methoxy groups -OCH3 is 3. The fraction of sp³-hybridized carbons (Fsp3) is 0.278. The van der Waals surface area contributed by atoms with Crippen LogP contribution in [0.3, 0.4) is 0 Å². The number of hydrogen-bond acceptors (Lipinski definition) is 5. The summed E-state index contributed by atoms with van der Waals surface area (Å²) in [4.78, 5) is 14.2. The van der Waals surface area contributed by atoms with Gasteiger partial charge in [0.15, 0.2) is 18.1 Å². The van der Waals surface area contributed by atoms with Crippen LogP contribution < -0.4 is 23.8 Å². The first-order valence-electron chi connectivity index (χ1n) is 7.59. The van der Waals surface area contributed by atoms with E-state index in [-0.39, 0.29) is 12.5 Å².